The third-order valence-corrected chi connectivity index (χ3v) is 4.19. The van der Waals surface area contributed by atoms with Crippen LogP contribution >= 0.6 is 0 Å². The number of carbonyl (C=O) groups is 1. The average Bonchev–Trinajstić information content (AvgIpc) is 2.59. The topological polar surface area (TPSA) is 115 Å². The van der Waals surface area contributed by atoms with Crippen molar-refractivity contribution in [1.29, 1.82) is 0 Å². The maximum atomic E-state index is 12.8. The smallest absolute Gasteiger partial charge is 0.347 e. The first kappa shape index (κ1) is 22.1. The van der Waals surface area contributed by atoms with E-state index in [0.29, 0.717) is 12.1 Å². The van der Waals surface area contributed by atoms with Gasteiger partial charge >= 0.3 is 6.18 Å². The number of alkyl halides is 3. The maximum Gasteiger partial charge on any atom is 0.416 e. The maximum absolute atomic E-state index is 12.8. The van der Waals surface area contributed by atoms with Crippen molar-refractivity contribution in [2.24, 2.45) is 0 Å². The van der Waals surface area contributed by atoms with Gasteiger partial charge in [0.15, 0.2) is 0 Å². The van der Waals surface area contributed by atoms with Crippen molar-refractivity contribution in [3.8, 4) is 0 Å². The monoisotopic (exact) mass is 413 g/mol. The number of benzene rings is 1. The molecule has 0 saturated heterocycles. The summed E-state index contributed by atoms with van der Waals surface area (Å²) in [5, 5.41) is 25.8. The molecule has 1 N–H and O–H groups in total. The van der Waals surface area contributed by atoms with Gasteiger partial charge in [-0.15, -0.1) is 0 Å². The van der Waals surface area contributed by atoms with Gasteiger partial charge in [0.25, 0.3) is 17.1 Å². The molecule has 156 valence electrons. The van der Waals surface area contributed by atoms with Crippen molar-refractivity contribution >= 4 is 5.91 Å². The van der Waals surface area contributed by atoms with Crippen molar-refractivity contribution in [2.75, 3.05) is 0 Å². The Kier molecular flexibility index (Phi) is 5.55. The number of rotatable bonds is 4. The first-order chi connectivity index (χ1) is 13.2. The van der Waals surface area contributed by atoms with E-state index in [1.165, 1.54) is 0 Å². The van der Waals surface area contributed by atoms with Crippen LogP contribution in [0.4, 0.5) is 13.2 Å². The SMILES string of the molecule is CC(C)(C)NC(=O)C1=CC(c2ccc(C(F)(F)F)cc2)([N+](=O)[O-])CC([N+](=O)[O-])=C1. The van der Waals surface area contributed by atoms with Crippen LogP contribution in [0.1, 0.15) is 38.3 Å². The molecular weight excluding hydrogens is 395 g/mol. The van der Waals surface area contributed by atoms with Crippen molar-refractivity contribution in [3.63, 3.8) is 0 Å². The highest BCUT2D eigenvalue weighted by atomic mass is 19.4. The van der Waals surface area contributed by atoms with Gasteiger partial charge in [-0.1, -0.05) is 12.1 Å². The number of carbonyl (C=O) groups excluding carboxylic acids is 1. The molecule has 0 aliphatic heterocycles. The van der Waals surface area contributed by atoms with E-state index in [-0.39, 0.29) is 11.1 Å². The Morgan fingerprint density at radius 2 is 1.66 bits per heavy atom. The molecule has 1 aliphatic carbocycles. The number of nitrogens with zero attached hydrogens (tertiary/aromatic N) is 2. The van der Waals surface area contributed by atoms with Crippen molar-refractivity contribution in [1.82, 2.24) is 5.32 Å². The highest BCUT2D eigenvalue weighted by Gasteiger charge is 2.50. The fourth-order valence-corrected chi connectivity index (χ4v) is 2.87. The first-order valence-electron chi connectivity index (χ1n) is 8.38. The second kappa shape index (κ2) is 7.30. The van der Waals surface area contributed by atoms with Crippen LogP contribution in [-0.4, -0.2) is 21.3 Å². The quantitative estimate of drug-likeness (QED) is 0.598. The summed E-state index contributed by atoms with van der Waals surface area (Å²) in [5.41, 5.74) is -5.10. The molecule has 29 heavy (non-hydrogen) atoms. The largest absolute Gasteiger partial charge is 0.416 e. The lowest BCUT2D eigenvalue weighted by Gasteiger charge is -2.27. The minimum absolute atomic E-state index is 0.205. The Labute approximate surface area is 163 Å². The molecular formula is C18H18F3N3O5. The van der Waals surface area contributed by atoms with E-state index < -0.39 is 50.7 Å². The molecule has 0 bridgehead atoms. The molecule has 1 atom stereocenters. The highest BCUT2D eigenvalue weighted by molar-refractivity contribution is 5.97. The van der Waals surface area contributed by atoms with Crippen molar-refractivity contribution in [2.45, 2.75) is 44.4 Å². The number of hydrogen-bond donors (Lipinski definition) is 1. The van der Waals surface area contributed by atoms with Crippen LogP contribution in [0.25, 0.3) is 0 Å². The zero-order valence-electron chi connectivity index (χ0n) is 15.7. The molecule has 11 heteroatoms. The molecule has 0 fully saturated rings. The van der Waals surface area contributed by atoms with E-state index in [2.05, 4.69) is 5.32 Å². The van der Waals surface area contributed by atoms with E-state index >= 15 is 0 Å². The van der Waals surface area contributed by atoms with Crippen molar-refractivity contribution in [3.05, 3.63) is 79.0 Å². The Morgan fingerprint density at radius 1 is 1.10 bits per heavy atom. The second-order valence-electron chi connectivity index (χ2n) is 7.63. The lowest BCUT2D eigenvalue weighted by atomic mass is 9.80. The van der Waals surface area contributed by atoms with E-state index in [1.54, 1.807) is 20.8 Å². The summed E-state index contributed by atoms with van der Waals surface area (Å²) in [6, 6.07) is 3.11. The fraction of sp³-hybridized carbons (Fsp3) is 0.389. The number of nitrogens with one attached hydrogen (secondary N) is 1. The van der Waals surface area contributed by atoms with E-state index in [9.17, 15) is 38.2 Å². The molecule has 0 heterocycles. The summed E-state index contributed by atoms with van der Waals surface area (Å²) in [6.07, 6.45) is -3.48. The Balaban J connectivity index is 2.62. The summed E-state index contributed by atoms with van der Waals surface area (Å²) in [4.78, 5) is 34.1. The number of halogens is 3. The Hall–Kier alpha value is -3.24. The van der Waals surface area contributed by atoms with Crippen molar-refractivity contribution < 1.29 is 27.8 Å². The van der Waals surface area contributed by atoms with Gasteiger partial charge in [0.2, 0.25) is 0 Å². The average molecular weight is 413 g/mol. The van der Waals surface area contributed by atoms with Gasteiger partial charge in [-0.3, -0.25) is 25.0 Å². The minimum Gasteiger partial charge on any atom is -0.347 e. The van der Waals surface area contributed by atoms with E-state index in [0.717, 1.165) is 24.3 Å². The normalized spacial score (nSPS) is 19.8. The summed E-state index contributed by atoms with van der Waals surface area (Å²) in [5.74, 6) is -0.769. The molecule has 1 aromatic carbocycles. The zero-order valence-corrected chi connectivity index (χ0v) is 15.7. The van der Waals surface area contributed by atoms with Gasteiger partial charge in [-0.25, -0.2) is 0 Å². The van der Waals surface area contributed by atoms with Gasteiger partial charge < -0.3 is 5.32 Å². The molecule has 0 saturated carbocycles. The van der Waals surface area contributed by atoms with Gasteiger partial charge in [-0.2, -0.15) is 13.2 Å². The zero-order chi connectivity index (χ0) is 22.2. The fourth-order valence-electron chi connectivity index (χ4n) is 2.87. The van der Waals surface area contributed by atoms with E-state index in [4.69, 9.17) is 0 Å². The molecule has 0 spiro atoms. The molecule has 0 aromatic heterocycles. The highest BCUT2D eigenvalue weighted by Crippen LogP contribution is 2.40. The van der Waals surface area contributed by atoms with Crippen LogP contribution in [-0.2, 0) is 16.5 Å². The van der Waals surface area contributed by atoms with Crippen LogP contribution in [0.2, 0.25) is 0 Å². The van der Waals surface area contributed by atoms with Gasteiger partial charge in [0.05, 0.1) is 10.5 Å². The summed E-state index contributed by atoms with van der Waals surface area (Å²) < 4.78 is 38.4. The van der Waals surface area contributed by atoms with Crippen LogP contribution in [0.15, 0.2) is 47.7 Å². The summed E-state index contributed by atoms with van der Waals surface area (Å²) in [6.45, 7) is 4.97. The Bertz CT molecular complexity index is 914. The molecule has 1 unspecified atom stereocenters. The van der Waals surface area contributed by atoms with Gasteiger partial charge in [0.1, 0.15) is 6.42 Å². The molecule has 8 nitrogen and oxygen atoms in total. The van der Waals surface area contributed by atoms with Crippen LogP contribution in [0.5, 0.6) is 0 Å². The predicted octanol–water partition coefficient (Wildman–Crippen LogP) is 3.58. The molecule has 2 rings (SSSR count). The third-order valence-electron chi connectivity index (χ3n) is 4.19. The third kappa shape index (κ3) is 4.79. The second-order valence-corrected chi connectivity index (χ2v) is 7.63. The standard InChI is InChI=1S/C18H18F3N3O5/c1-16(2,3)22-15(25)11-8-14(23(26)27)10-17(9-11,24(28)29)12-4-6-13(7-5-12)18(19,20)21/h4-9H,10H2,1-3H3,(H,22,25). The van der Waals surface area contributed by atoms with Crippen LogP contribution in [0, 0.1) is 20.2 Å². The Morgan fingerprint density at radius 3 is 2.07 bits per heavy atom. The number of amides is 1. The lowest BCUT2D eigenvalue weighted by Crippen LogP contribution is -2.43. The van der Waals surface area contributed by atoms with Gasteiger partial charge in [-0.05, 0) is 32.9 Å². The number of nitro groups is 2. The predicted molar refractivity (Wildman–Crippen MR) is 95.8 cm³/mol. The minimum atomic E-state index is -4.65. The lowest BCUT2D eigenvalue weighted by molar-refractivity contribution is -0.570. The summed E-state index contributed by atoms with van der Waals surface area (Å²) in [7, 11) is 0. The molecule has 1 aliphatic rings. The number of hydrogen-bond acceptors (Lipinski definition) is 5. The van der Waals surface area contributed by atoms with Crippen LogP contribution in [0.3, 0.4) is 0 Å². The first-order valence-corrected chi connectivity index (χ1v) is 8.38. The molecule has 1 aromatic rings. The van der Waals surface area contributed by atoms with E-state index in [1.807, 2.05) is 0 Å². The summed E-state index contributed by atoms with van der Waals surface area (Å²) >= 11 is 0. The van der Waals surface area contributed by atoms with Crippen LogP contribution < -0.4 is 5.32 Å². The molecule has 0 radical (unpaired) electrons. The van der Waals surface area contributed by atoms with Gasteiger partial charge in [0, 0.05) is 33.8 Å². The molecule has 1 amide bonds.